The average molecular weight is 203 g/mol. The standard InChI is InChI=1S/C10H13N5/c1-7-5-11-6-8(7)10-14-13-9-3-2-4-12-15(9)10/h2-4,7-8,11H,5-6H2,1H3. The molecule has 2 aromatic heterocycles. The maximum Gasteiger partial charge on any atom is 0.177 e. The molecule has 5 heteroatoms. The Morgan fingerprint density at radius 1 is 1.40 bits per heavy atom. The number of aromatic nitrogens is 4. The summed E-state index contributed by atoms with van der Waals surface area (Å²) < 4.78 is 1.84. The molecule has 1 saturated heterocycles. The molecule has 3 heterocycles. The summed E-state index contributed by atoms with van der Waals surface area (Å²) >= 11 is 0. The van der Waals surface area contributed by atoms with E-state index in [1.54, 1.807) is 6.20 Å². The topological polar surface area (TPSA) is 55.1 Å². The van der Waals surface area contributed by atoms with Gasteiger partial charge < -0.3 is 5.32 Å². The van der Waals surface area contributed by atoms with E-state index in [2.05, 4.69) is 27.5 Å². The summed E-state index contributed by atoms with van der Waals surface area (Å²) in [5, 5.41) is 16.0. The third kappa shape index (κ3) is 1.31. The summed E-state index contributed by atoms with van der Waals surface area (Å²) in [6.45, 7) is 4.25. The first kappa shape index (κ1) is 8.79. The van der Waals surface area contributed by atoms with Crippen molar-refractivity contribution in [2.24, 2.45) is 5.92 Å². The van der Waals surface area contributed by atoms with Crippen molar-refractivity contribution in [2.45, 2.75) is 12.8 Å². The fourth-order valence-electron chi connectivity index (χ4n) is 2.15. The largest absolute Gasteiger partial charge is 0.316 e. The molecule has 1 N–H and O–H groups in total. The Balaban J connectivity index is 2.10. The average Bonchev–Trinajstić information content (AvgIpc) is 2.83. The minimum Gasteiger partial charge on any atom is -0.316 e. The van der Waals surface area contributed by atoms with Crippen molar-refractivity contribution >= 4 is 5.65 Å². The summed E-state index contributed by atoms with van der Waals surface area (Å²) in [5.74, 6) is 2.00. The number of hydrogen-bond acceptors (Lipinski definition) is 4. The molecule has 78 valence electrons. The van der Waals surface area contributed by atoms with Crippen LogP contribution < -0.4 is 5.32 Å². The molecule has 1 aliphatic rings. The highest BCUT2D eigenvalue weighted by molar-refractivity contribution is 5.35. The zero-order valence-corrected chi connectivity index (χ0v) is 8.59. The minimum atomic E-state index is 0.426. The Morgan fingerprint density at radius 3 is 3.13 bits per heavy atom. The Hall–Kier alpha value is -1.49. The van der Waals surface area contributed by atoms with Crippen LogP contribution in [-0.4, -0.2) is 32.9 Å². The summed E-state index contributed by atoms with van der Waals surface area (Å²) in [5.41, 5.74) is 0.826. The van der Waals surface area contributed by atoms with Crippen LogP contribution in [0, 0.1) is 5.92 Å². The molecule has 0 bridgehead atoms. The molecule has 0 amide bonds. The predicted octanol–water partition coefficient (Wildman–Crippen LogP) is 0.447. The molecule has 1 fully saturated rings. The number of nitrogens with zero attached hydrogens (tertiary/aromatic N) is 4. The van der Waals surface area contributed by atoms with Crippen molar-refractivity contribution in [2.75, 3.05) is 13.1 Å². The van der Waals surface area contributed by atoms with Gasteiger partial charge >= 0.3 is 0 Å². The third-order valence-electron chi connectivity index (χ3n) is 3.05. The molecule has 1 aliphatic heterocycles. The summed E-state index contributed by atoms with van der Waals surface area (Å²) in [6.07, 6.45) is 1.77. The van der Waals surface area contributed by atoms with Crippen LogP contribution in [0.3, 0.4) is 0 Å². The first-order chi connectivity index (χ1) is 7.36. The highest BCUT2D eigenvalue weighted by Crippen LogP contribution is 2.25. The van der Waals surface area contributed by atoms with Crippen molar-refractivity contribution in [3.63, 3.8) is 0 Å². The maximum absolute atomic E-state index is 4.28. The van der Waals surface area contributed by atoms with Gasteiger partial charge in [0.05, 0.1) is 0 Å². The van der Waals surface area contributed by atoms with E-state index >= 15 is 0 Å². The van der Waals surface area contributed by atoms with Crippen molar-refractivity contribution < 1.29 is 0 Å². The van der Waals surface area contributed by atoms with Crippen molar-refractivity contribution in [3.05, 3.63) is 24.2 Å². The molecule has 2 aromatic rings. The van der Waals surface area contributed by atoms with E-state index < -0.39 is 0 Å². The second-order valence-corrected chi connectivity index (χ2v) is 4.09. The van der Waals surface area contributed by atoms with Gasteiger partial charge in [0.2, 0.25) is 0 Å². The van der Waals surface area contributed by atoms with Gasteiger partial charge in [-0.1, -0.05) is 6.92 Å². The fraction of sp³-hybridized carbons (Fsp3) is 0.500. The maximum atomic E-state index is 4.28. The van der Waals surface area contributed by atoms with E-state index in [1.165, 1.54) is 0 Å². The number of nitrogens with one attached hydrogen (secondary N) is 1. The van der Waals surface area contributed by atoms with E-state index in [-0.39, 0.29) is 0 Å². The predicted molar refractivity (Wildman–Crippen MR) is 55.6 cm³/mol. The van der Waals surface area contributed by atoms with E-state index in [4.69, 9.17) is 0 Å². The van der Waals surface area contributed by atoms with Gasteiger partial charge in [0, 0.05) is 18.7 Å². The summed E-state index contributed by atoms with van der Waals surface area (Å²) in [6, 6.07) is 3.81. The van der Waals surface area contributed by atoms with Crippen LogP contribution in [0.5, 0.6) is 0 Å². The van der Waals surface area contributed by atoms with E-state index in [0.717, 1.165) is 24.6 Å². The van der Waals surface area contributed by atoms with Gasteiger partial charge in [-0.25, -0.2) is 0 Å². The Morgan fingerprint density at radius 2 is 2.33 bits per heavy atom. The van der Waals surface area contributed by atoms with Crippen molar-refractivity contribution in [3.8, 4) is 0 Å². The monoisotopic (exact) mass is 203 g/mol. The normalized spacial score (nSPS) is 26.2. The van der Waals surface area contributed by atoms with E-state index in [9.17, 15) is 0 Å². The van der Waals surface area contributed by atoms with E-state index in [1.807, 2.05) is 16.6 Å². The lowest BCUT2D eigenvalue weighted by Crippen LogP contribution is -2.12. The second-order valence-electron chi connectivity index (χ2n) is 4.09. The third-order valence-corrected chi connectivity index (χ3v) is 3.05. The summed E-state index contributed by atoms with van der Waals surface area (Å²) in [7, 11) is 0. The van der Waals surface area contributed by atoms with Gasteiger partial charge in [0.1, 0.15) is 0 Å². The molecule has 0 spiro atoms. The van der Waals surface area contributed by atoms with Crippen LogP contribution in [-0.2, 0) is 0 Å². The molecule has 2 atom stereocenters. The molecule has 0 aromatic carbocycles. The molecule has 0 saturated carbocycles. The first-order valence-corrected chi connectivity index (χ1v) is 5.23. The number of hydrogen-bond donors (Lipinski definition) is 1. The van der Waals surface area contributed by atoms with Crippen LogP contribution in [0.2, 0.25) is 0 Å². The molecule has 15 heavy (non-hydrogen) atoms. The lowest BCUT2D eigenvalue weighted by atomic mass is 9.98. The molecule has 0 aliphatic carbocycles. The Bertz CT molecular complexity index is 477. The second kappa shape index (κ2) is 3.27. The highest BCUT2D eigenvalue weighted by atomic mass is 15.4. The smallest absolute Gasteiger partial charge is 0.177 e. The van der Waals surface area contributed by atoms with Crippen LogP contribution in [0.1, 0.15) is 18.7 Å². The van der Waals surface area contributed by atoms with Crippen LogP contribution in [0.15, 0.2) is 18.3 Å². The van der Waals surface area contributed by atoms with Gasteiger partial charge in [0.25, 0.3) is 0 Å². The van der Waals surface area contributed by atoms with Crippen LogP contribution >= 0.6 is 0 Å². The molecule has 2 unspecified atom stereocenters. The van der Waals surface area contributed by atoms with Gasteiger partial charge in [-0.05, 0) is 24.6 Å². The highest BCUT2D eigenvalue weighted by Gasteiger charge is 2.28. The molecular formula is C10H13N5. The lowest BCUT2D eigenvalue weighted by Gasteiger charge is -2.10. The minimum absolute atomic E-state index is 0.426. The first-order valence-electron chi connectivity index (χ1n) is 5.23. The van der Waals surface area contributed by atoms with Crippen molar-refractivity contribution in [1.29, 1.82) is 0 Å². The lowest BCUT2D eigenvalue weighted by molar-refractivity contribution is 0.533. The quantitative estimate of drug-likeness (QED) is 0.731. The molecular weight excluding hydrogens is 190 g/mol. The van der Waals surface area contributed by atoms with Gasteiger partial charge in [-0.2, -0.15) is 9.61 Å². The van der Waals surface area contributed by atoms with Gasteiger partial charge in [0.15, 0.2) is 11.5 Å². The zero-order valence-electron chi connectivity index (χ0n) is 8.59. The van der Waals surface area contributed by atoms with Gasteiger partial charge in [-0.15, -0.1) is 10.2 Å². The SMILES string of the molecule is CC1CNCC1c1nnc2cccnn12. The molecule has 3 rings (SSSR count). The van der Waals surface area contributed by atoms with Crippen molar-refractivity contribution in [1.82, 2.24) is 25.1 Å². The molecule has 5 nitrogen and oxygen atoms in total. The zero-order chi connectivity index (χ0) is 10.3. The van der Waals surface area contributed by atoms with E-state index in [0.29, 0.717) is 11.8 Å². The van der Waals surface area contributed by atoms with Crippen LogP contribution in [0.25, 0.3) is 5.65 Å². The Labute approximate surface area is 87.5 Å². The number of fused-ring (bicyclic) bond motifs is 1. The van der Waals surface area contributed by atoms with Crippen LogP contribution in [0.4, 0.5) is 0 Å². The fourth-order valence-corrected chi connectivity index (χ4v) is 2.15. The summed E-state index contributed by atoms with van der Waals surface area (Å²) in [4.78, 5) is 0. The van der Waals surface area contributed by atoms with Gasteiger partial charge in [-0.3, -0.25) is 0 Å². The Kier molecular flexibility index (Phi) is 1.92. The molecule has 0 radical (unpaired) electrons. The number of rotatable bonds is 1.